The first-order chi connectivity index (χ1) is 12.5. The number of ether oxygens (including phenoxy) is 1. The summed E-state index contributed by atoms with van der Waals surface area (Å²) in [6.45, 7) is 1.40. The van der Waals surface area contributed by atoms with E-state index in [2.05, 4.69) is 5.32 Å². The number of benzene rings is 2. The number of hydrogen-bond donors (Lipinski definition) is 1. The number of methoxy groups -OCH3 is 1. The number of hydrogen-bond acceptors (Lipinski definition) is 4. The van der Waals surface area contributed by atoms with Gasteiger partial charge in [0, 0.05) is 10.7 Å². The Balaban J connectivity index is 2.41. The van der Waals surface area contributed by atoms with Crippen molar-refractivity contribution in [3.05, 3.63) is 52.3 Å². The lowest BCUT2D eigenvalue weighted by molar-refractivity contribution is -0.116. The summed E-state index contributed by atoms with van der Waals surface area (Å²) in [5.74, 6) is -1.05. The molecule has 2 aromatic rings. The van der Waals surface area contributed by atoms with Crippen LogP contribution < -0.4 is 14.4 Å². The summed E-state index contributed by atoms with van der Waals surface area (Å²) in [6, 6.07) is 6.91. The third kappa shape index (κ3) is 5.03. The van der Waals surface area contributed by atoms with Crippen LogP contribution in [0.25, 0.3) is 0 Å². The first-order valence-corrected chi connectivity index (χ1v) is 10.2. The van der Waals surface area contributed by atoms with Crippen molar-refractivity contribution in [1.82, 2.24) is 0 Å². The maximum atomic E-state index is 13.3. The van der Waals surface area contributed by atoms with Crippen molar-refractivity contribution in [2.45, 2.75) is 13.0 Å². The van der Waals surface area contributed by atoms with E-state index in [0.29, 0.717) is 0 Å². The van der Waals surface area contributed by atoms with Crippen molar-refractivity contribution in [3.63, 3.8) is 0 Å². The van der Waals surface area contributed by atoms with Crippen molar-refractivity contribution in [2.75, 3.05) is 23.0 Å². The van der Waals surface area contributed by atoms with Gasteiger partial charge in [0.15, 0.2) is 0 Å². The number of nitrogens with one attached hydrogen (secondary N) is 1. The van der Waals surface area contributed by atoms with Gasteiger partial charge in [0.25, 0.3) is 0 Å². The lowest BCUT2D eigenvalue weighted by Gasteiger charge is -2.29. The summed E-state index contributed by atoms with van der Waals surface area (Å²) in [5.41, 5.74) is 0.344. The van der Waals surface area contributed by atoms with Crippen LogP contribution in [0.2, 0.25) is 10.0 Å². The van der Waals surface area contributed by atoms with Crippen LogP contribution in [-0.4, -0.2) is 33.7 Å². The Morgan fingerprint density at radius 2 is 1.89 bits per heavy atom. The molecule has 27 heavy (non-hydrogen) atoms. The molecule has 0 spiro atoms. The number of carbonyl (C=O) groups is 1. The van der Waals surface area contributed by atoms with Crippen LogP contribution in [0.5, 0.6) is 5.75 Å². The molecule has 6 nitrogen and oxygen atoms in total. The summed E-state index contributed by atoms with van der Waals surface area (Å²) >= 11 is 11.7. The molecule has 0 aromatic heterocycles. The predicted octanol–water partition coefficient (Wildman–Crippen LogP) is 3.93. The Bertz CT molecular complexity index is 969. The molecule has 1 unspecified atom stereocenters. The minimum Gasteiger partial charge on any atom is -0.495 e. The van der Waals surface area contributed by atoms with Crippen LogP contribution in [0.15, 0.2) is 36.4 Å². The Labute approximate surface area is 166 Å². The van der Waals surface area contributed by atoms with Gasteiger partial charge < -0.3 is 10.1 Å². The van der Waals surface area contributed by atoms with Gasteiger partial charge in [-0.15, -0.1) is 0 Å². The second-order valence-electron chi connectivity index (χ2n) is 5.67. The third-order valence-corrected chi connectivity index (χ3v) is 5.41. The summed E-state index contributed by atoms with van der Waals surface area (Å²) in [5, 5.41) is 2.62. The van der Waals surface area contributed by atoms with Crippen molar-refractivity contribution in [1.29, 1.82) is 0 Å². The highest BCUT2D eigenvalue weighted by Gasteiger charge is 2.31. The summed E-state index contributed by atoms with van der Waals surface area (Å²) < 4.78 is 44.1. The fraction of sp³-hybridized carbons (Fsp3) is 0.235. The van der Waals surface area contributed by atoms with E-state index in [1.54, 1.807) is 0 Å². The highest BCUT2D eigenvalue weighted by molar-refractivity contribution is 7.92. The Kier molecular flexibility index (Phi) is 6.56. The number of rotatable bonds is 6. The molecule has 0 bridgehead atoms. The van der Waals surface area contributed by atoms with E-state index in [4.69, 9.17) is 27.9 Å². The largest absolute Gasteiger partial charge is 0.495 e. The third-order valence-electron chi connectivity index (χ3n) is 3.65. The predicted molar refractivity (Wildman–Crippen MR) is 105 cm³/mol. The van der Waals surface area contributed by atoms with Gasteiger partial charge in [-0.3, -0.25) is 9.10 Å². The highest BCUT2D eigenvalue weighted by Crippen LogP contribution is 2.34. The van der Waals surface area contributed by atoms with Crippen LogP contribution in [0.3, 0.4) is 0 Å². The van der Waals surface area contributed by atoms with E-state index in [9.17, 15) is 17.6 Å². The van der Waals surface area contributed by atoms with E-state index in [0.717, 1.165) is 16.6 Å². The maximum absolute atomic E-state index is 13.3. The number of anilines is 2. The topological polar surface area (TPSA) is 75.7 Å². The highest BCUT2D eigenvalue weighted by atomic mass is 35.5. The quantitative estimate of drug-likeness (QED) is 0.746. The lowest BCUT2D eigenvalue weighted by atomic mass is 10.2. The second-order valence-corrected chi connectivity index (χ2v) is 8.37. The van der Waals surface area contributed by atoms with Crippen molar-refractivity contribution >= 4 is 50.5 Å². The average Bonchev–Trinajstić information content (AvgIpc) is 2.57. The monoisotopic (exact) mass is 434 g/mol. The maximum Gasteiger partial charge on any atom is 0.247 e. The normalized spacial score (nSPS) is 12.4. The van der Waals surface area contributed by atoms with E-state index >= 15 is 0 Å². The number of sulfonamides is 1. The molecule has 146 valence electrons. The zero-order valence-electron chi connectivity index (χ0n) is 14.7. The van der Waals surface area contributed by atoms with Crippen LogP contribution in [0, 0.1) is 5.82 Å². The van der Waals surface area contributed by atoms with Crippen LogP contribution >= 0.6 is 23.2 Å². The van der Waals surface area contributed by atoms with Gasteiger partial charge in [-0.1, -0.05) is 23.2 Å². The Hall–Kier alpha value is -2.03. The zero-order chi connectivity index (χ0) is 20.4. The van der Waals surface area contributed by atoms with E-state index < -0.39 is 27.8 Å². The molecular weight excluding hydrogens is 418 g/mol. The first kappa shape index (κ1) is 21.3. The minimum atomic E-state index is -3.87. The molecule has 1 atom stereocenters. The number of carbonyl (C=O) groups excluding carboxylic acids is 1. The molecular formula is C17H17Cl2FN2O4S. The minimum absolute atomic E-state index is 0.118. The van der Waals surface area contributed by atoms with Crippen LogP contribution in [0.1, 0.15) is 6.92 Å². The van der Waals surface area contributed by atoms with Gasteiger partial charge in [-0.25, -0.2) is 12.8 Å². The Morgan fingerprint density at radius 1 is 1.22 bits per heavy atom. The van der Waals surface area contributed by atoms with Gasteiger partial charge in [-0.2, -0.15) is 0 Å². The second kappa shape index (κ2) is 8.33. The SMILES string of the molecule is COc1ccc(Cl)cc1N(C(C)C(=O)Nc1ccc(F)c(Cl)c1)S(C)(=O)=O. The molecule has 10 heteroatoms. The smallest absolute Gasteiger partial charge is 0.247 e. The molecule has 0 aliphatic rings. The Morgan fingerprint density at radius 3 is 2.44 bits per heavy atom. The van der Waals surface area contributed by atoms with Gasteiger partial charge in [0.05, 0.1) is 24.1 Å². The molecule has 1 N–H and O–H groups in total. The molecule has 0 saturated carbocycles. The van der Waals surface area contributed by atoms with E-state index in [1.165, 1.54) is 44.4 Å². The van der Waals surface area contributed by atoms with E-state index in [-0.39, 0.29) is 27.2 Å². The van der Waals surface area contributed by atoms with Crippen molar-refractivity contribution < 1.29 is 22.3 Å². The van der Waals surface area contributed by atoms with Crippen LogP contribution in [0.4, 0.5) is 15.8 Å². The molecule has 2 aromatic carbocycles. The average molecular weight is 435 g/mol. The molecule has 0 heterocycles. The van der Waals surface area contributed by atoms with E-state index in [1.807, 2.05) is 0 Å². The van der Waals surface area contributed by atoms with Gasteiger partial charge in [0.1, 0.15) is 17.6 Å². The van der Waals surface area contributed by atoms with Gasteiger partial charge >= 0.3 is 0 Å². The molecule has 2 rings (SSSR count). The van der Waals surface area contributed by atoms with Crippen molar-refractivity contribution in [2.24, 2.45) is 0 Å². The molecule has 0 fully saturated rings. The lowest BCUT2D eigenvalue weighted by Crippen LogP contribution is -2.45. The molecule has 0 aliphatic carbocycles. The van der Waals surface area contributed by atoms with Gasteiger partial charge in [0.2, 0.25) is 15.9 Å². The summed E-state index contributed by atoms with van der Waals surface area (Å²) in [4.78, 5) is 12.6. The summed E-state index contributed by atoms with van der Waals surface area (Å²) in [6.07, 6.45) is 0.964. The van der Waals surface area contributed by atoms with Crippen molar-refractivity contribution in [3.8, 4) is 5.75 Å². The molecule has 0 aliphatic heterocycles. The number of amides is 1. The number of halogens is 3. The fourth-order valence-corrected chi connectivity index (χ4v) is 3.95. The standard InChI is InChI=1S/C17H17Cl2FN2O4S/c1-10(17(23)21-12-5-6-14(20)13(19)9-12)22(27(3,24)25)15-8-11(18)4-7-16(15)26-2/h4-10H,1-3H3,(H,21,23). The zero-order valence-corrected chi connectivity index (χ0v) is 17.0. The van der Waals surface area contributed by atoms with Gasteiger partial charge in [-0.05, 0) is 43.3 Å². The number of nitrogens with zero attached hydrogens (tertiary/aromatic N) is 1. The van der Waals surface area contributed by atoms with Crippen LogP contribution in [-0.2, 0) is 14.8 Å². The fourth-order valence-electron chi connectivity index (χ4n) is 2.44. The molecule has 1 amide bonds. The molecule has 0 radical (unpaired) electrons. The first-order valence-electron chi connectivity index (χ1n) is 7.63. The molecule has 0 saturated heterocycles. The summed E-state index contributed by atoms with van der Waals surface area (Å²) in [7, 11) is -2.50.